The maximum absolute atomic E-state index is 11.1. The van der Waals surface area contributed by atoms with Crippen LogP contribution in [0.2, 0.25) is 0 Å². The standard InChI is InChI=1S/C9H12N2O2/c1-7(12)4-5-9(13)11-8-3-2-6-10-8/h2-3,6,10H,4-5H2,1H3,(H,11,13). The summed E-state index contributed by atoms with van der Waals surface area (Å²) in [7, 11) is 0. The summed E-state index contributed by atoms with van der Waals surface area (Å²) in [5.74, 6) is 0.549. The zero-order valence-corrected chi connectivity index (χ0v) is 7.46. The fraction of sp³-hybridized carbons (Fsp3) is 0.333. The van der Waals surface area contributed by atoms with Crippen molar-refractivity contribution in [1.82, 2.24) is 4.98 Å². The van der Waals surface area contributed by atoms with Gasteiger partial charge < -0.3 is 15.1 Å². The molecule has 1 rings (SSSR count). The van der Waals surface area contributed by atoms with Crippen LogP contribution in [0.4, 0.5) is 5.82 Å². The molecule has 70 valence electrons. The summed E-state index contributed by atoms with van der Waals surface area (Å²) in [6.07, 6.45) is 2.27. The summed E-state index contributed by atoms with van der Waals surface area (Å²) in [6.45, 7) is 1.47. The van der Waals surface area contributed by atoms with Crippen LogP contribution >= 0.6 is 0 Å². The molecule has 4 heteroatoms. The normalized spacial score (nSPS) is 9.62. The fourth-order valence-corrected chi connectivity index (χ4v) is 0.910. The average Bonchev–Trinajstić information content (AvgIpc) is 2.53. The lowest BCUT2D eigenvalue weighted by Crippen LogP contribution is -2.12. The molecule has 0 bridgehead atoms. The van der Waals surface area contributed by atoms with Crippen molar-refractivity contribution in [1.29, 1.82) is 0 Å². The van der Waals surface area contributed by atoms with E-state index in [2.05, 4.69) is 10.3 Å². The Morgan fingerprint density at radius 3 is 2.77 bits per heavy atom. The van der Waals surface area contributed by atoms with Gasteiger partial charge in [0.15, 0.2) is 0 Å². The van der Waals surface area contributed by atoms with Gasteiger partial charge in [-0.15, -0.1) is 0 Å². The number of carbonyl (C=O) groups is 2. The second-order valence-electron chi connectivity index (χ2n) is 2.83. The number of Topliss-reactive ketones (excluding diaryl/α,β-unsaturated/α-hetero) is 1. The van der Waals surface area contributed by atoms with Crippen molar-refractivity contribution in [2.45, 2.75) is 19.8 Å². The van der Waals surface area contributed by atoms with E-state index in [4.69, 9.17) is 0 Å². The van der Waals surface area contributed by atoms with E-state index in [-0.39, 0.29) is 18.1 Å². The van der Waals surface area contributed by atoms with Crippen molar-refractivity contribution >= 4 is 17.5 Å². The van der Waals surface area contributed by atoms with Crippen LogP contribution in [0.15, 0.2) is 18.3 Å². The molecule has 0 spiro atoms. The third-order valence-electron chi connectivity index (χ3n) is 1.58. The molecular formula is C9H12N2O2. The Balaban J connectivity index is 2.30. The number of anilines is 1. The minimum absolute atomic E-state index is 0.0293. The number of aromatic amines is 1. The van der Waals surface area contributed by atoms with Crippen molar-refractivity contribution in [3.63, 3.8) is 0 Å². The highest BCUT2D eigenvalue weighted by Crippen LogP contribution is 2.02. The number of rotatable bonds is 4. The number of aromatic nitrogens is 1. The van der Waals surface area contributed by atoms with E-state index >= 15 is 0 Å². The van der Waals surface area contributed by atoms with Crippen molar-refractivity contribution in [2.24, 2.45) is 0 Å². The van der Waals surface area contributed by atoms with Gasteiger partial charge in [-0.25, -0.2) is 0 Å². The van der Waals surface area contributed by atoms with E-state index in [0.29, 0.717) is 12.2 Å². The van der Waals surface area contributed by atoms with Gasteiger partial charge in [-0.3, -0.25) is 4.79 Å². The van der Waals surface area contributed by atoms with Crippen molar-refractivity contribution in [3.05, 3.63) is 18.3 Å². The number of carbonyl (C=O) groups excluding carboxylic acids is 2. The maximum Gasteiger partial charge on any atom is 0.225 e. The average molecular weight is 180 g/mol. The molecule has 1 heterocycles. The Hall–Kier alpha value is -1.58. The molecule has 1 aromatic heterocycles. The Kier molecular flexibility index (Phi) is 3.25. The van der Waals surface area contributed by atoms with E-state index < -0.39 is 0 Å². The maximum atomic E-state index is 11.1. The Bertz CT molecular complexity index is 291. The third kappa shape index (κ3) is 3.55. The molecule has 0 aliphatic heterocycles. The smallest absolute Gasteiger partial charge is 0.225 e. The molecule has 0 fully saturated rings. The Morgan fingerprint density at radius 1 is 1.46 bits per heavy atom. The van der Waals surface area contributed by atoms with Crippen LogP contribution in [0.25, 0.3) is 0 Å². The predicted octanol–water partition coefficient (Wildman–Crippen LogP) is 1.32. The Labute approximate surface area is 76.3 Å². The molecule has 0 atom stereocenters. The second kappa shape index (κ2) is 4.45. The monoisotopic (exact) mass is 180 g/mol. The zero-order chi connectivity index (χ0) is 9.68. The first kappa shape index (κ1) is 9.51. The van der Waals surface area contributed by atoms with E-state index in [1.807, 2.05) is 0 Å². The van der Waals surface area contributed by atoms with Crippen LogP contribution in [0.1, 0.15) is 19.8 Å². The number of hydrogen-bond acceptors (Lipinski definition) is 2. The summed E-state index contributed by atoms with van der Waals surface area (Å²) in [5.41, 5.74) is 0. The highest BCUT2D eigenvalue weighted by molar-refractivity contribution is 5.92. The highest BCUT2D eigenvalue weighted by atomic mass is 16.2. The van der Waals surface area contributed by atoms with Crippen molar-refractivity contribution in [3.8, 4) is 0 Å². The van der Waals surface area contributed by atoms with E-state index in [9.17, 15) is 9.59 Å². The molecule has 0 radical (unpaired) electrons. The SMILES string of the molecule is CC(=O)CCC(=O)Nc1ccc[nH]1. The highest BCUT2D eigenvalue weighted by Gasteiger charge is 2.03. The van der Waals surface area contributed by atoms with Gasteiger partial charge in [0.2, 0.25) is 5.91 Å². The number of ketones is 1. The van der Waals surface area contributed by atoms with Gasteiger partial charge in [0.05, 0.1) is 0 Å². The zero-order valence-electron chi connectivity index (χ0n) is 7.46. The van der Waals surface area contributed by atoms with E-state index in [0.717, 1.165) is 0 Å². The number of amides is 1. The van der Waals surface area contributed by atoms with Gasteiger partial charge in [0.1, 0.15) is 11.6 Å². The lowest BCUT2D eigenvalue weighted by Gasteiger charge is -2.00. The molecule has 1 amide bonds. The lowest BCUT2D eigenvalue weighted by molar-refractivity contribution is -0.121. The van der Waals surface area contributed by atoms with Gasteiger partial charge in [0.25, 0.3) is 0 Å². The summed E-state index contributed by atoms with van der Waals surface area (Å²) < 4.78 is 0. The minimum atomic E-state index is -0.141. The molecule has 0 aliphatic carbocycles. The molecule has 1 aromatic rings. The van der Waals surface area contributed by atoms with E-state index in [1.165, 1.54) is 6.92 Å². The second-order valence-corrected chi connectivity index (χ2v) is 2.83. The third-order valence-corrected chi connectivity index (χ3v) is 1.58. The summed E-state index contributed by atoms with van der Waals surface area (Å²) >= 11 is 0. The minimum Gasteiger partial charge on any atom is -0.348 e. The van der Waals surface area contributed by atoms with Crippen LogP contribution < -0.4 is 5.32 Å². The predicted molar refractivity (Wildman–Crippen MR) is 49.3 cm³/mol. The number of H-pyrrole nitrogens is 1. The topological polar surface area (TPSA) is 62.0 Å². The summed E-state index contributed by atoms with van der Waals surface area (Å²) in [4.78, 5) is 24.5. The number of nitrogens with one attached hydrogen (secondary N) is 2. The molecule has 2 N–H and O–H groups in total. The molecular weight excluding hydrogens is 168 g/mol. The van der Waals surface area contributed by atoms with Gasteiger partial charge in [-0.1, -0.05) is 0 Å². The van der Waals surface area contributed by atoms with Crippen LogP contribution in [0, 0.1) is 0 Å². The molecule has 0 saturated carbocycles. The quantitative estimate of drug-likeness (QED) is 0.734. The van der Waals surface area contributed by atoms with Crippen LogP contribution in [0.3, 0.4) is 0 Å². The lowest BCUT2D eigenvalue weighted by atomic mass is 10.2. The van der Waals surface area contributed by atoms with Crippen LogP contribution in [-0.4, -0.2) is 16.7 Å². The van der Waals surface area contributed by atoms with Crippen molar-refractivity contribution < 1.29 is 9.59 Å². The summed E-state index contributed by atoms with van der Waals surface area (Å²) in [5, 5.41) is 2.63. The first-order chi connectivity index (χ1) is 6.18. The molecule has 0 aromatic carbocycles. The van der Waals surface area contributed by atoms with Crippen LogP contribution in [0.5, 0.6) is 0 Å². The molecule has 0 saturated heterocycles. The van der Waals surface area contributed by atoms with E-state index in [1.54, 1.807) is 18.3 Å². The molecule has 13 heavy (non-hydrogen) atoms. The van der Waals surface area contributed by atoms with Gasteiger partial charge in [-0.05, 0) is 19.1 Å². The fourth-order valence-electron chi connectivity index (χ4n) is 0.910. The first-order valence-corrected chi connectivity index (χ1v) is 4.11. The largest absolute Gasteiger partial charge is 0.348 e. The molecule has 0 aliphatic rings. The van der Waals surface area contributed by atoms with Gasteiger partial charge in [-0.2, -0.15) is 0 Å². The van der Waals surface area contributed by atoms with Gasteiger partial charge >= 0.3 is 0 Å². The molecule has 0 unspecified atom stereocenters. The summed E-state index contributed by atoms with van der Waals surface area (Å²) in [6, 6.07) is 3.55. The Morgan fingerprint density at radius 2 is 2.23 bits per heavy atom. The molecule has 4 nitrogen and oxygen atoms in total. The van der Waals surface area contributed by atoms with Gasteiger partial charge in [0, 0.05) is 19.0 Å². The van der Waals surface area contributed by atoms with Crippen molar-refractivity contribution in [2.75, 3.05) is 5.32 Å². The number of hydrogen-bond donors (Lipinski definition) is 2. The first-order valence-electron chi connectivity index (χ1n) is 4.11. The van der Waals surface area contributed by atoms with Crippen LogP contribution in [-0.2, 0) is 9.59 Å².